The molecule has 0 atom stereocenters. The van der Waals surface area contributed by atoms with Crippen molar-refractivity contribution in [2.75, 3.05) is 0 Å². The van der Waals surface area contributed by atoms with Gasteiger partial charge in [-0.15, -0.1) is 11.3 Å². The Bertz CT molecular complexity index is 2480. The number of fused-ring (bicyclic) bond motifs is 4. The van der Waals surface area contributed by atoms with Crippen molar-refractivity contribution in [1.29, 1.82) is 0 Å². The van der Waals surface area contributed by atoms with Crippen LogP contribution >= 0.6 is 11.3 Å². The van der Waals surface area contributed by atoms with E-state index >= 15 is 0 Å². The molecule has 47 heavy (non-hydrogen) atoms. The Morgan fingerprint density at radius 3 is 1.57 bits per heavy atom. The van der Waals surface area contributed by atoms with Crippen molar-refractivity contribution in [2.24, 2.45) is 0 Å². The summed E-state index contributed by atoms with van der Waals surface area (Å²) < 4.78 is 2.50. The van der Waals surface area contributed by atoms with Gasteiger partial charge in [0.05, 0.1) is 27.1 Å². The molecule has 0 amide bonds. The molecule has 0 aliphatic rings. The fourth-order valence-corrected chi connectivity index (χ4v) is 7.58. The topological polar surface area (TPSA) is 38.7 Å². The molecule has 0 aliphatic heterocycles. The second kappa shape index (κ2) is 11.4. The van der Waals surface area contributed by atoms with E-state index < -0.39 is 0 Å². The molecule has 0 saturated heterocycles. The zero-order valence-corrected chi connectivity index (χ0v) is 26.2. The number of thiophene rings is 1. The summed E-state index contributed by atoms with van der Waals surface area (Å²) >= 11 is 1.82. The normalized spacial score (nSPS) is 11.4. The van der Waals surface area contributed by atoms with Gasteiger partial charge < -0.3 is 0 Å². The summed E-state index contributed by atoms with van der Waals surface area (Å²) in [4.78, 5) is 15.0. The van der Waals surface area contributed by atoms with Crippen LogP contribution in [0.4, 0.5) is 0 Å². The Balaban J connectivity index is 1.09. The van der Waals surface area contributed by atoms with Crippen LogP contribution in [-0.2, 0) is 0 Å². The Hall–Kier alpha value is -5.97. The molecule has 9 rings (SSSR count). The van der Waals surface area contributed by atoms with Gasteiger partial charge in [0, 0.05) is 37.7 Å². The Morgan fingerprint density at radius 1 is 0.383 bits per heavy atom. The first kappa shape index (κ1) is 27.3. The molecule has 0 N–H and O–H groups in total. The maximum atomic E-state index is 5.10. The van der Waals surface area contributed by atoms with Crippen LogP contribution < -0.4 is 0 Å². The minimum absolute atomic E-state index is 0.720. The van der Waals surface area contributed by atoms with Gasteiger partial charge in [-0.05, 0) is 34.9 Å². The maximum Gasteiger partial charge on any atom is 0.160 e. The lowest BCUT2D eigenvalue weighted by atomic mass is 9.96. The standard InChI is InChI=1S/C43H27N3S/c1-3-11-30(12-4-1)37-27-38(46-43(45-37)33-13-5-2-6-14-33)31-23-19-28(20-24-31)29-21-25-32(26-22-29)40-34-15-7-9-17-36(34)44-41-35-16-8-10-18-39(35)47-42(40)41/h1-27H. The van der Waals surface area contributed by atoms with Gasteiger partial charge in [0.15, 0.2) is 5.82 Å². The van der Waals surface area contributed by atoms with Gasteiger partial charge in [-0.3, -0.25) is 0 Å². The number of hydrogen-bond donors (Lipinski definition) is 0. The minimum Gasteiger partial charge on any atom is -0.246 e. The van der Waals surface area contributed by atoms with Gasteiger partial charge >= 0.3 is 0 Å². The molecule has 220 valence electrons. The van der Waals surface area contributed by atoms with E-state index in [1.54, 1.807) is 0 Å². The first-order valence-corrected chi connectivity index (χ1v) is 16.5. The van der Waals surface area contributed by atoms with E-state index in [-0.39, 0.29) is 0 Å². The minimum atomic E-state index is 0.720. The number of rotatable bonds is 5. The van der Waals surface area contributed by atoms with E-state index in [9.17, 15) is 0 Å². The number of hydrogen-bond acceptors (Lipinski definition) is 4. The van der Waals surface area contributed by atoms with Crippen molar-refractivity contribution in [1.82, 2.24) is 15.0 Å². The fourth-order valence-electron chi connectivity index (χ4n) is 6.36. The molecule has 9 aromatic rings. The Morgan fingerprint density at radius 2 is 0.894 bits per heavy atom. The monoisotopic (exact) mass is 617 g/mol. The molecule has 0 fully saturated rings. The van der Waals surface area contributed by atoms with Crippen molar-refractivity contribution in [3.05, 3.63) is 164 Å². The summed E-state index contributed by atoms with van der Waals surface area (Å²) in [5.41, 5.74) is 11.8. The molecule has 3 heterocycles. The fraction of sp³-hybridized carbons (Fsp3) is 0. The molecule has 0 unspecified atom stereocenters. The third kappa shape index (κ3) is 4.96. The third-order valence-corrected chi connectivity index (χ3v) is 9.89. The number of nitrogens with zero attached hydrogens (tertiary/aromatic N) is 3. The van der Waals surface area contributed by atoms with Crippen molar-refractivity contribution in [3.63, 3.8) is 0 Å². The summed E-state index contributed by atoms with van der Waals surface area (Å²) in [5.74, 6) is 0.720. The summed E-state index contributed by atoms with van der Waals surface area (Å²) in [6.07, 6.45) is 0. The highest BCUT2D eigenvalue weighted by molar-refractivity contribution is 7.26. The van der Waals surface area contributed by atoms with Crippen LogP contribution in [0, 0.1) is 0 Å². The molecule has 0 saturated carbocycles. The van der Waals surface area contributed by atoms with Crippen LogP contribution in [0.25, 0.3) is 87.4 Å². The molecule has 0 spiro atoms. The summed E-state index contributed by atoms with van der Waals surface area (Å²) in [6.45, 7) is 0. The van der Waals surface area contributed by atoms with E-state index in [1.807, 2.05) is 47.7 Å². The van der Waals surface area contributed by atoms with Crippen molar-refractivity contribution in [2.45, 2.75) is 0 Å². The van der Waals surface area contributed by atoms with Gasteiger partial charge in [-0.2, -0.15) is 0 Å². The molecule has 4 heteroatoms. The lowest BCUT2D eigenvalue weighted by molar-refractivity contribution is 1.18. The van der Waals surface area contributed by atoms with Gasteiger partial charge in [0.25, 0.3) is 0 Å². The molecule has 3 nitrogen and oxygen atoms in total. The highest BCUT2D eigenvalue weighted by Crippen LogP contribution is 2.43. The molecule has 3 aromatic heterocycles. The predicted octanol–water partition coefficient (Wildman–Crippen LogP) is 11.7. The van der Waals surface area contributed by atoms with E-state index in [0.717, 1.165) is 50.5 Å². The van der Waals surface area contributed by atoms with Crippen molar-refractivity contribution >= 4 is 42.5 Å². The average Bonchev–Trinajstić information content (AvgIpc) is 3.52. The first-order chi connectivity index (χ1) is 23.3. The van der Waals surface area contributed by atoms with E-state index in [2.05, 4.69) is 127 Å². The number of benzene rings is 6. The summed E-state index contributed by atoms with van der Waals surface area (Å²) in [7, 11) is 0. The highest BCUT2D eigenvalue weighted by atomic mass is 32.1. The maximum absolute atomic E-state index is 5.10. The number of para-hydroxylation sites is 1. The molecule has 6 aromatic carbocycles. The van der Waals surface area contributed by atoms with Crippen LogP contribution in [0.3, 0.4) is 0 Å². The average molecular weight is 618 g/mol. The second-order valence-electron chi connectivity index (χ2n) is 11.6. The van der Waals surface area contributed by atoms with Crippen molar-refractivity contribution < 1.29 is 0 Å². The Kier molecular flexibility index (Phi) is 6.65. The quantitative estimate of drug-likeness (QED) is 0.193. The highest BCUT2D eigenvalue weighted by Gasteiger charge is 2.16. The predicted molar refractivity (Wildman–Crippen MR) is 197 cm³/mol. The van der Waals surface area contributed by atoms with Crippen LogP contribution in [0.2, 0.25) is 0 Å². The van der Waals surface area contributed by atoms with Crippen molar-refractivity contribution in [3.8, 4) is 56.2 Å². The van der Waals surface area contributed by atoms with Gasteiger partial charge in [0.2, 0.25) is 0 Å². The van der Waals surface area contributed by atoms with E-state index in [0.29, 0.717) is 0 Å². The summed E-state index contributed by atoms with van der Waals surface area (Å²) in [5, 5.41) is 2.39. The van der Waals surface area contributed by atoms with Crippen LogP contribution in [0.1, 0.15) is 0 Å². The second-order valence-corrected chi connectivity index (χ2v) is 12.7. The van der Waals surface area contributed by atoms with E-state index in [4.69, 9.17) is 15.0 Å². The van der Waals surface area contributed by atoms with Gasteiger partial charge in [-0.1, -0.05) is 146 Å². The molecule has 0 aliphatic carbocycles. The van der Waals surface area contributed by atoms with Crippen LogP contribution in [0.15, 0.2) is 164 Å². The smallest absolute Gasteiger partial charge is 0.160 e. The van der Waals surface area contributed by atoms with Gasteiger partial charge in [0.1, 0.15) is 0 Å². The molecule has 0 radical (unpaired) electrons. The Labute approximate surface area is 276 Å². The lowest BCUT2D eigenvalue weighted by Crippen LogP contribution is -1.95. The SMILES string of the molecule is c1ccc(-c2cc(-c3ccc(-c4ccc(-c5c6ccccc6nc6c5sc5ccccc56)cc4)cc3)nc(-c3ccccc3)n2)cc1. The van der Waals surface area contributed by atoms with Crippen LogP contribution in [-0.4, -0.2) is 15.0 Å². The zero-order valence-electron chi connectivity index (χ0n) is 25.3. The zero-order chi connectivity index (χ0) is 31.2. The van der Waals surface area contributed by atoms with E-state index in [1.165, 1.54) is 36.9 Å². The number of pyridine rings is 1. The van der Waals surface area contributed by atoms with Gasteiger partial charge in [-0.25, -0.2) is 15.0 Å². The third-order valence-electron chi connectivity index (χ3n) is 8.72. The molecule has 0 bridgehead atoms. The number of aromatic nitrogens is 3. The lowest BCUT2D eigenvalue weighted by Gasteiger charge is -2.11. The molecular formula is C43H27N3S. The largest absolute Gasteiger partial charge is 0.246 e. The first-order valence-electron chi connectivity index (χ1n) is 15.7. The van der Waals surface area contributed by atoms with Crippen LogP contribution in [0.5, 0.6) is 0 Å². The summed E-state index contributed by atoms with van der Waals surface area (Å²) in [6, 6.07) is 57.2. The molecular weight excluding hydrogens is 591 g/mol.